The molecule has 2 nitrogen and oxygen atoms in total. The first-order chi connectivity index (χ1) is 6.61. The van der Waals surface area contributed by atoms with Crippen molar-refractivity contribution >= 4 is 19.7 Å². The Morgan fingerprint density at radius 2 is 1.14 bits per heavy atom. The van der Waals surface area contributed by atoms with Gasteiger partial charge < -0.3 is 0 Å². The van der Waals surface area contributed by atoms with Gasteiger partial charge in [-0.2, -0.15) is 0 Å². The molecule has 0 fully saturated rings. The van der Waals surface area contributed by atoms with Crippen LogP contribution in [0.5, 0.6) is 0 Å². The third kappa shape index (κ3) is 3.77. The predicted molar refractivity (Wildman–Crippen MR) is 57.1 cm³/mol. The van der Waals surface area contributed by atoms with Crippen LogP contribution < -0.4 is 0 Å². The zero-order chi connectivity index (χ0) is 10.4. The van der Waals surface area contributed by atoms with E-state index in [1.165, 1.54) is 12.1 Å². The third-order valence-corrected chi connectivity index (χ3v) is 2.84. The van der Waals surface area contributed by atoms with Crippen LogP contribution in [0.15, 0.2) is 59.5 Å². The second-order valence-electron chi connectivity index (χ2n) is 2.52. The van der Waals surface area contributed by atoms with Crippen LogP contribution in [0.3, 0.4) is 0 Å². The maximum atomic E-state index is 11.0. The number of rotatable bonds is 1. The molecule has 1 rings (SSSR count). The van der Waals surface area contributed by atoms with Crippen molar-refractivity contribution in [1.29, 1.82) is 0 Å². The molecule has 14 heavy (non-hydrogen) atoms. The molecular formula is C10H9ClO2S. The van der Waals surface area contributed by atoms with Crippen LogP contribution in [0.2, 0.25) is 0 Å². The number of hydrogen-bond acceptors (Lipinski definition) is 2. The Labute approximate surface area is 87.9 Å². The Hall–Kier alpha value is -1.06. The molecule has 0 spiro atoms. The maximum absolute atomic E-state index is 11.0. The van der Waals surface area contributed by atoms with Gasteiger partial charge in [0.05, 0.1) is 4.90 Å². The Morgan fingerprint density at radius 3 is 1.50 bits per heavy atom. The van der Waals surface area contributed by atoms with Crippen LogP contribution in [0.25, 0.3) is 0 Å². The highest BCUT2D eigenvalue weighted by Gasteiger charge is 2.05. The molecular weight excluding hydrogens is 220 g/mol. The van der Waals surface area contributed by atoms with Gasteiger partial charge in [0.1, 0.15) is 0 Å². The lowest BCUT2D eigenvalue weighted by Gasteiger charge is -1.89. The molecule has 1 aromatic rings. The predicted octanol–water partition coefficient (Wildman–Crippen LogP) is 2.74. The molecule has 0 aliphatic carbocycles. The van der Waals surface area contributed by atoms with Crippen LogP contribution in [0.1, 0.15) is 0 Å². The van der Waals surface area contributed by atoms with E-state index in [0.717, 1.165) is 0 Å². The molecule has 0 unspecified atom stereocenters. The van der Waals surface area contributed by atoms with E-state index in [0.29, 0.717) is 0 Å². The molecule has 0 N–H and O–H groups in total. The zero-order valence-corrected chi connectivity index (χ0v) is 8.87. The summed E-state index contributed by atoms with van der Waals surface area (Å²) in [6.45, 7) is 0. The van der Waals surface area contributed by atoms with E-state index in [1.807, 2.05) is 6.07 Å². The first-order valence-electron chi connectivity index (χ1n) is 3.94. The van der Waals surface area contributed by atoms with Gasteiger partial charge in [-0.3, -0.25) is 0 Å². The second kappa shape index (κ2) is 4.98. The third-order valence-electron chi connectivity index (χ3n) is 1.47. The average Bonchev–Trinajstić information content (AvgIpc) is 2.12. The SMILES string of the molecule is O=S(=O)(Cl)c1ccccccccc1. The monoisotopic (exact) mass is 228 g/mol. The van der Waals surface area contributed by atoms with Crippen LogP contribution in [-0.2, 0) is 9.05 Å². The molecule has 0 saturated heterocycles. The molecule has 0 saturated carbocycles. The van der Waals surface area contributed by atoms with Crippen molar-refractivity contribution in [2.75, 3.05) is 0 Å². The van der Waals surface area contributed by atoms with Crippen LogP contribution in [0, 0.1) is 0 Å². The summed E-state index contributed by atoms with van der Waals surface area (Å²) in [6.07, 6.45) is 0. The summed E-state index contributed by atoms with van der Waals surface area (Å²) in [5, 5.41) is 0. The highest BCUT2D eigenvalue weighted by molar-refractivity contribution is 8.13. The minimum Gasteiger partial charge on any atom is -0.207 e. The van der Waals surface area contributed by atoms with E-state index < -0.39 is 9.05 Å². The van der Waals surface area contributed by atoms with Crippen LogP contribution >= 0.6 is 10.7 Å². The van der Waals surface area contributed by atoms with Gasteiger partial charge in [-0.15, -0.1) is 0 Å². The van der Waals surface area contributed by atoms with Gasteiger partial charge in [-0.25, -0.2) is 8.42 Å². The Bertz CT molecular complexity index is 428. The number of hydrogen-bond donors (Lipinski definition) is 0. The van der Waals surface area contributed by atoms with E-state index in [1.54, 1.807) is 36.4 Å². The van der Waals surface area contributed by atoms with E-state index in [4.69, 9.17) is 10.7 Å². The van der Waals surface area contributed by atoms with Crippen molar-refractivity contribution in [2.24, 2.45) is 0 Å². The summed E-state index contributed by atoms with van der Waals surface area (Å²) < 4.78 is 22.0. The van der Waals surface area contributed by atoms with Crippen molar-refractivity contribution in [3.05, 3.63) is 54.6 Å². The molecule has 0 radical (unpaired) electrons. The van der Waals surface area contributed by atoms with E-state index in [9.17, 15) is 8.42 Å². The average molecular weight is 229 g/mol. The minimum atomic E-state index is -3.66. The molecule has 0 bridgehead atoms. The fraction of sp³-hybridized carbons (Fsp3) is 0. The van der Waals surface area contributed by atoms with Gasteiger partial charge in [0.25, 0.3) is 9.05 Å². The highest BCUT2D eigenvalue weighted by atomic mass is 35.7. The minimum absolute atomic E-state index is 0.0790. The van der Waals surface area contributed by atoms with Crippen molar-refractivity contribution in [1.82, 2.24) is 0 Å². The highest BCUT2D eigenvalue weighted by Crippen LogP contribution is 2.11. The van der Waals surface area contributed by atoms with Gasteiger partial charge in [-0.1, -0.05) is 42.5 Å². The summed E-state index contributed by atoms with van der Waals surface area (Å²) in [6, 6.07) is 15.0. The molecule has 0 heterocycles. The smallest absolute Gasteiger partial charge is 0.207 e. The topological polar surface area (TPSA) is 34.1 Å². The summed E-state index contributed by atoms with van der Waals surface area (Å²) in [5.41, 5.74) is 0. The normalized spacial score (nSPS) is 10.4. The first-order valence-corrected chi connectivity index (χ1v) is 6.25. The lowest BCUT2D eigenvalue weighted by atomic mass is 10.4. The maximum Gasteiger partial charge on any atom is 0.261 e. The van der Waals surface area contributed by atoms with Crippen LogP contribution in [-0.4, -0.2) is 8.42 Å². The quantitative estimate of drug-likeness (QED) is 0.693. The van der Waals surface area contributed by atoms with Gasteiger partial charge >= 0.3 is 0 Å². The van der Waals surface area contributed by atoms with Gasteiger partial charge in [0.15, 0.2) is 0 Å². The molecule has 74 valence electrons. The molecule has 0 aliphatic rings. The lowest BCUT2D eigenvalue weighted by Crippen LogP contribution is -1.86. The van der Waals surface area contributed by atoms with E-state index in [-0.39, 0.29) is 4.90 Å². The fourth-order valence-corrected chi connectivity index (χ4v) is 1.63. The second-order valence-corrected chi connectivity index (χ2v) is 5.09. The summed E-state index contributed by atoms with van der Waals surface area (Å²) in [5.74, 6) is 0. The molecule has 0 aliphatic heterocycles. The summed E-state index contributed by atoms with van der Waals surface area (Å²) in [4.78, 5) is 0.0790. The standard InChI is InChI=1S/C10H9ClO2S/c11-14(12,13)10-8-6-4-2-1-3-5-7-9-10/h1-9H. The summed E-state index contributed by atoms with van der Waals surface area (Å²) >= 11 is 0. The van der Waals surface area contributed by atoms with Crippen molar-refractivity contribution < 1.29 is 8.42 Å². The summed E-state index contributed by atoms with van der Waals surface area (Å²) in [7, 11) is 1.55. The van der Waals surface area contributed by atoms with Crippen molar-refractivity contribution in [2.45, 2.75) is 4.90 Å². The molecule has 4 heteroatoms. The Morgan fingerprint density at radius 1 is 0.786 bits per heavy atom. The zero-order valence-electron chi connectivity index (χ0n) is 7.30. The van der Waals surface area contributed by atoms with E-state index >= 15 is 0 Å². The molecule has 0 atom stereocenters. The molecule has 0 aromatic heterocycles. The Kier molecular flexibility index (Phi) is 3.92. The largest absolute Gasteiger partial charge is 0.261 e. The van der Waals surface area contributed by atoms with Crippen molar-refractivity contribution in [3.63, 3.8) is 0 Å². The lowest BCUT2D eigenvalue weighted by molar-refractivity contribution is 0.609. The molecule has 1 aromatic carbocycles. The van der Waals surface area contributed by atoms with Gasteiger partial charge in [-0.05, 0) is 12.1 Å². The number of halogens is 1. The molecule has 0 amide bonds. The first kappa shape index (κ1) is 11.0. The fourth-order valence-electron chi connectivity index (χ4n) is 0.840. The van der Waals surface area contributed by atoms with Gasteiger partial charge in [0, 0.05) is 10.7 Å². The van der Waals surface area contributed by atoms with Crippen LogP contribution in [0.4, 0.5) is 0 Å². The van der Waals surface area contributed by atoms with Gasteiger partial charge in [0.2, 0.25) is 0 Å². The Balaban J connectivity index is 3.35. The van der Waals surface area contributed by atoms with E-state index in [2.05, 4.69) is 0 Å². The van der Waals surface area contributed by atoms with Crippen molar-refractivity contribution in [3.8, 4) is 0 Å².